The molecule has 106 valence electrons. The van der Waals surface area contributed by atoms with Crippen molar-refractivity contribution in [3.63, 3.8) is 0 Å². The van der Waals surface area contributed by atoms with E-state index in [1.165, 1.54) is 5.56 Å². The predicted molar refractivity (Wildman–Crippen MR) is 86.1 cm³/mol. The Morgan fingerprint density at radius 1 is 0.950 bits per heavy atom. The molecule has 0 aromatic heterocycles. The van der Waals surface area contributed by atoms with E-state index in [-0.39, 0.29) is 12.1 Å². The summed E-state index contributed by atoms with van der Waals surface area (Å²) in [7, 11) is -1.45. The van der Waals surface area contributed by atoms with Crippen LogP contribution in [0.3, 0.4) is 0 Å². The first-order valence-electron chi connectivity index (χ1n) is 6.94. The summed E-state index contributed by atoms with van der Waals surface area (Å²) >= 11 is 0. The lowest BCUT2D eigenvalue weighted by Crippen LogP contribution is -2.33. The molecule has 2 nitrogen and oxygen atoms in total. The molecule has 2 aromatic rings. The Labute approximate surface area is 122 Å². The topological polar surface area (TPSA) is 29.5 Å². The van der Waals surface area contributed by atoms with Gasteiger partial charge in [-0.3, -0.25) is 0 Å². The quantitative estimate of drug-likeness (QED) is 0.824. The molecular formula is C17H22O2Si. The van der Waals surface area contributed by atoms with Gasteiger partial charge in [0.25, 0.3) is 0 Å². The zero-order chi connectivity index (χ0) is 14.6. The smallest absolute Gasteiger partial charge is 0.127 e. The maximum atomic E-state index is 9.69. The van der Waals surface area contributed by atoms with E-state index in [1.807, 2.05) is 48.5 Å². The van der Waals surface area contributed by atoms with Crippen molar-refractivity contribution in [3.05, 3.63) is 60.2 Å². The molecule has 3 heteroatoms. The molecule has 0 aliphatic carbocycles. The van der Waals surface area contributed by atoms with Gasteiger partial charge in [0.15, 0.2) is 0 Å². The number of aliphatic hydroxyl groups excluding tert-OH is 1. The van der Waals surface area contributed by atoms with Crippen LogP contribution in [0.2, 0.25) is 19.6 Å². The molecule has 0 saturated carbocycles. The minimum absolute atomic E-state index is 0.199. The van der Waals surface area contributed by atoms with Crippen LogP contribution in [0.15, 0.2) is 54.6 Å². The van der Waals surface area contributed by atoms with Crippen molar-refractivity contribution in [2.75, 3.05) is 6.61 Å². The Kier molecular flexibility index (Phi) is 4.63. The van der Waals surface area contributed by atoms with Crippen molar-refractivity contribution < 1.29 is 9.84 Å². The molecule has 1 atom stereocenters. The highest BCUT2D eigenvalue weighted by molar-refractivity contribution is 6.77. The Bertz CT molecular complexity index is 546. The lowest BCUT2D eigenvalue weighted by Gasteiger charge is -2.27. The van der Waals surface area contributed by atoms with Crippen molar-refractivity contribution in [3.8, 4) is 11.5 Å². The van der Waals surface area contributed by atoms with Crippen LogP contribution in [0, 0.1) is 0 Å². The van der Waals surface area contributed by atoms with Crippen molar-refractivity contribution in [2.45, 2.75) is 25.2 Å². The zero-order valence-electron chi connectivity index (χ0n) is 12.3. The van der Waals surface area contributed by atoms with E-state index in [0.29, 0.717) is 0 Å². The average Bonchev–Trinajstić information content (AvgIpc) is 2.39. The molecule has 20 heavy (non-hydrogen) atoms. The summed E-state index contributed by atoms with van der Waals surface area (Å²) in [5.74, 6) is 1.66. The number of ether oxygens (including phenoxy) is 1. The van der Waals surface area contributed by atoms with Crippen molar-refractivity contribution in [1.82, 2.24) is 0 Å². The molecule has 0 aliphatic heterocycles. The van der Waals surface area contributed by atoms with Gasteiger partial charge in [0.1, 0.15) is 11.5 Å². The van der Waals surface area contributed by atoms with Crippen molar-refractivity contribution in [2.24, 2.45) is 0 Å². The first kappa shape index (κ1) is 14.8. The monoisotopic (exact) mass is 286 g/mol. The molecule has 0 amide bonds. The third-order valence-corrected chi connectivity index (χ3v) is 6.07. The van der Waals surface area contributed by atoms with Gasteiger partial charge >= 0.3 is 0 Å². The Hall–Kier alpha value is -1.58. The summed E-state index contributed by atoms with van der Waals surface area (Å²) in [5.41, 5.74) is 1.40. The Morgan fingerprint density at radius 3 is 2.20 bits per heavy atom. The van der Waals surface area contributed by atoms with Gasteiger partial charge in [0.2, 0.25) is 0 Å². The molecule has 2 rings (SSSR count). The highest BCUT2D eigenvalue weighted by Gasteiger charge is 2.27. The van der Waals surface area contributed by atoms with Crippen molar-refractivity contribution >= 4 is 8.07 Å². The first-order valence-corrected chi connectivity index (χ1v) is 10.5. The number of para-hydroxylation sites is 1. The number of hydrogen-bond donors (Lipinski definition) is 1. The fourth-order valence-electron chi connectivity index (χ4n) is 2.30. The van der Waals surface area contributed by atoms with Gasteiger partial charge in [-0.1, -0.05) is 50.0 Å². The molecule has 0 bridgehead atoms. The largest absolute Gasteiger partial charge is 0.457 e. The van der Waals surface area contributed by atoms with E-state index >= 15 is 0 Å². The van der Waals surface area contributed by atoms with Gasteiger partial charge in [-0.15, -0.1) is 0 Å². The Balaban J connectivity index is 2.24. The first-order chi connectivity index (χ1) is 9.50. The summed E-state index contributed by atoms with van der Waals surface area (Å²) in [4.78, 5) is 0. The van der Waals surface area contributed by atoms with Crippen LogP contribution >= 0.6 is 0 Å². The second-order valence-electron chi connectivity index (χ2n) is 6.09. The maximum absolute atomic E-state index is 9.69. The molecular weight excluding hydrogens is 264 g/mol. The van der Waals surface area contributed by atoms with Gasteiger partial charge in [-0.25, -0.2) is 0 Å². The molecule has 2 aromatic carbocycles. The molecule has 0 fully saturated rings. The summed E-state index contributed by atoms with van der Waals surface area (Å²) in [5, 5.41) is 9.69. The molecule has 0 heterocycles. The zero-order valence-corrected chi connectivity index (χ0v) is 13.3. The van der Waals surface area contributed by atoms with Gasteiger partial charge in [-0.05, 0) is 29.8 Å². The molecule has 1 unspecified atom stereocenters. The van der Waals surface area contributed by atoms with E-state index in [4.69, 9.17) is 4.74 Å². The second-order valence-corrected chi connectivity index (χ2v) is 11.5. The second kappa shape index (κ2) is 6.24. The minimum atomic E-state index is -1.45. The summed E-state index contributed by atoms with van der Waals surface area (Å²) < 4.78 is 5.86. The van der Waals surface area contributed by atoms with Crippen LogP contribution < -0.4 is 4.74 Å². The molecule has 0 aliphatic rings. The van der Waals surface area contributed by atoms with Gasteiger partial charge in [0.05, 0.1) is 8.07 Å². The number of hydrogen-bond acceptors (Lipinski definition) is 2. The normalized spacial score (nSPS) is 13.0. The summed E-state index contributed by atoms with van der Waals surface area (Å²) in [6.45, 7) is 7.03. The molecule has 1 N–H and O–H groups in total. The molecule has 0 radical (unpaired) electrons. The standard InChI is InChI=1S/C17H22O2Si/c1-20(2,3)17(13-18)14-8-7-11-16(12-14)19-15-9-5-4-6-10-15/h4-12,17-18H,13H2,1-3H3. The molecule has 0 spiro atoms. The van der Waals surface area contributed by atoms with Gasteiger partial charge in [-0.2, -0.15) is 0 Å². The number of rotatable bonds is 5. The van der Waals surface area contributed by atoms with Crippen LogP contribution in [-0.4, -0.2) is 19.8 Å². The van der Waals surface area contributed by atoms with E-state index < -0.39 is 8.07 Å². The maximum Gasteiger partial charge on any atom is 0.127 e. The van der Waals surface area contributed by atoms with Crippen LogP contribution in [0.25, 0.3) is 0 Å². The minimum Gasteiger partial charge on any atom is -0.457 e. The number of benzene rings is 2. The predicted octanol–water partition coefficient (Wildman–Crippen LogP) is 4.43. The van der Waals surface area contributed by atoms with E-state index in [0.717, 1.165) is 11.5 Å². The van der Waals surface area contributed by atoms with Crippen LogP contribution in [0.1, 0.15) is 11.1 Å². The Morgan fingerprint density at radius 2 is 1.60 bits per heavy atom. The summed E-state index contributed by atoms with van der Waals surface area (Å²) in [6, 6.07) is 17.8. The van der Waals surface area contributed by atoms with E-state index in [1.54, 1.807) is 0 Å². The third-order valence-electron chi connectivity index (χ3n) is 3.47. The highest BCUT2D eigenvalue weighted by atomic mass is 28.3. The van der Waals surface area contributed by atoms with Crippen molar-refractivity contribution in [1.29, 1.82) is 0 Å². The number of aliphatic hydroxyl groups is 1. The van der Waals surface area contributed by atoms with Crippen LogP contribution in [-0.2, 0) is 0 Å². The highest BCUT2D eigenvalue weighted by Crippen LogP contribution is 2.30. The van der Waals surface area contributed by atoms with E-state index in [2.05, 4.69) is 25.7 Å². The fraction of sp³-hybridized carbons (Fsp3) is 0.294. The van der Waals surface area contributed by atoms with Gasteiger partial charge < -0.3 is 9.84 Å². The average molecular weight is 286 g/mol. The third kappa shape index (κ3) is 3.71. The summed E-state index contributed by atoms with van der Waals surface area (Å²) in [6.07, 6.45) is 0. The fourth-order valence-corrected chi connectivity index (χ4v) is 4.03. The van der Waals surface area contributed by atoms with Gasteiger partial charge in [0, 0.05) is 12.1 Å². The molecule has 0 saturated heterocycles. The lowest BCUT2D eigenvalue weighted by molar-refractivity contribution is 0.290. The van der Waals surface area contributed by atoms with E-state index in [9.17, 15) is 5.11 Å². The van der Waals surface area contributed by atoms with Crippen LogP contribution in [0.5, 0.6) is 11.5 Å². The SMILES string of the molecule is C[Si](C)(C)C(CO)c1cccc(Oc2ccccc2)c1. The van der Waals surface area contributed by atoms with Crippen LogP contribution in [0.4, 0.5) is 0 Å². The lowest BCUT2D eigenvalue weighted by atomic mass is 10.1.